The van der Waals surface area contributed by atoms with E-state index in [1.807, 2.05) is 0 Å². The number of hydrogen-bond acceptors (Lipinski definition) is 3. The lowest BCUT2D eigenvalue weighted by Gasteiger charge is -2.39. The van der Waals surface area contributed by atoms with E-state index in [-0.39, 0.29) is 22.2 Å². The van der Waals surface area contributed by atoms with E-state index in [4.69, 9.17) is 23.2 Å². The minimum Gasteiger partial charge on any atom is -0.376 e. The van der Waals surface area contributed by atoms with Crippen molar-refractivity contribution in [1.82, 2.24) is 0 Å². The maximum atomic E-state index is 11.2. The van der Waals surface area contributed by atoms with E-state index in [1.165, 1.54) is 12.5 Å². The fourth-order valence-corrected chi connectivity index (χ4v) is 3.07. The highest BCUT2D eigenvalue weighted by Gasteiger charge is 2.33. The lowest BCUT2D eigenvalue weighted by Crippen LogP contribution is -2.39. The van der Waals surface area contributed by atoms with Crippen LogP contribution in [0.2, 0.25) is 10.0 Å². The molecule has 20 heavy (non-hydrogen) atoms. The second-order valence-corrected chi connectivity index (χ2v) is 6.79. The quantitative estimate of drug-likeness (QED) is 0.609. The molecule has 0 heterocycles. The number of halogens is 2. The molecule has 1 saturated carbocycles. The first kappa shape index (κ1) is 15.4. The van der Waals surface area contributed by atoms with E-state index in [9.17, 15) is 10.1 Å². The molecule has 110 valence electrons. The number of hydrogen-bond donors (Lipinski definition) is 1. The molecular formula is C14H18Cl2N2O2. The molecule has 4 nitrogen and oxygen atoms in total. The Kier molecular flexibility index (Phi) is 4.45. The Bertz CT molecular complexity index is 532. The van der Waals surface area contributed by atoms with Crippen molar-refractivity contribution < 1.29 is 4.92 Å². The van der Waals surface area contributed by atoms with Crippen LogP contribution in [0.25, 0.3) is 0 Å². The van der Waals surface area contributed by atoms with Gasteiger partial charge in [-0.15, -0.1) is 0 Å². The number of nitro benzene ring substituents is 1. The first-order valence-electron chi connectivity index (χ1n) is 6.71. The Hall–Kier alpha value is -1.00. The van der Waals surface area contributed by atoms with Gasteiger partial charge in [0, 0.05) is 12.1 Å². The molecule has 0 radical (unpaired) electrons. The van der Waals surface area contributed by atoms with Crippen molar-refractivity contribution in [2.45, 2.75) is 45.6 Å². The second kappa shape index (κ2) is 5.78. The van der Waals surface area contributed by atoms with Gasteiger partial charge in [-0.2, -0.15) is 0 Å². The Morgan fingerprint density at radius 2 is 1.95 bits per heavy atom. The van der Waals surface area contributed by atoms with Crippen molar-refractivity contribution in [2.75, 3.05) is 5.32 Å². The highest BCUT2D eigenvalue weighted by molar-refractivity contribution is 6.42. The molecule has 1 aromatic carbocycles. The third-order valence-corrected chi connectivity index (χ3v) is 4.79. The van der Waals surface area contributed by atoms with Gasteiger partial charge in [-0.05, 0) is 24.3 Å². The number of nitrogens with zero attached hydrogens (tertiary/aromatic N) is 1. The van der Waals surface area contributed by atoms with Crippen LogP contribution >= 0.6 is 23.2 Å². The molecule has 0 bridgehead atoms. The number of benzene rings is 1. The summed E-state index contributed by atoms with van der Waals surface area (Å²) in [4.78, 5) is 10.7. The molecule has 0 aromatic heterocycles. The van der Waals surface area contributed by atoms with Gasteiger partial charge in [0.15, 0.2) is 0 Å². The summed E-state index contributed by atoms with van der Waals surface area (Å²) in [6.07, 6.45) is 4.45. The third kappa shape index (κ3) is 3.18. The normalized spacial score (nSPS) is 21.5. The van der Waals surface area contributed by atoms with Gasteiger partial charge < -0.3 is 5.32 Å². The molecule has 1 unspecified atom stereocenters. The van der Waals surface area contributed by atoms with Crippen molar-refractivity contribution >= 4 is 34.6 Å². The van der Waals surface area contributed by atoms with Crippen molar-refractivity contribution in [3.8, 4) is 0 Å². The first-order valence-corrected chi connectivity index (χ1v) is 7.47. The molecule has 1 atom stereocenters. The summed E-state index contributed by atoms with van der Waals surface area (Å²) in [6.45, 7) is 4.38. The minimum atomic E-state index is -0.430. The molecule has 2 rings (SSSR count). The molecule has 0 aliphatic heterocycles. The zero-order valence-corrected chi connectivity index (χ0v) is 13.1. The highest BCUT2D eigenvalue weighted by atomic mass is 35.5. The van der Waals surface area contributed by atoms with E-state index in [0.717, 1.165) is 19.3 Å². The molecular weight excluding hydrogens is 299 g/mol. The zero-order valence-electron chi connectivity index (χ0n) is 11.6. The Balaban J connectivity index is 2.32. The molecule has 6 heteroatoms. The van der Waals surface area contributed by atoms with E-state index in [2.05, 4.69) is 19.2 Å². The van der Waals surface area contributed by atoms with Crippen LogP contribution in [0.5, 0.6) is 0 Å². The van der Waals surface area contributed by atoms with Crippen LogP contribution in [0.4, 0.5) is 11.4 Å². The molecule has 1 aliphatic carbocycles. The van der Waals surface area contributed by atoms with E-state index >= 15 is 0 Å². The van der Waals surface area contributed by atoms with Gasteiger partial charge in [-0.1, -0.05) is 49.9 Å². The van der Waals surface area contributed by atoms with Crippen molar-refractivity contribution in [1.29, 1.82) is 0 Å². The van der Waals surface area contributed by atoms with Gasteiger partial charge in [0.2, 0.25) is 0 Å². The van der Waals surface area contributed by atoms with Crippen LogP contribution in [-0.4, -0.2) is 11.0 Å². The van der Waals surface area contributed by atoms with Crippen LogP contribution in [0.3, 0.4) is 0 Å². The smallest absolute Gasteiger partial charge is 0.293 e. The predicted octanol–water partition coefficient (Wildman–Crippen LogP) is 5.28. The lowest BCUT2D eigenvalue weighted by molar-refractivity contribution is -0.384. The maximum Gasteiger partial charge on any atom is 0.293 e. The number of anilines is 1. The van der Waals surface area contributed by atoms with Crippen molar-refractivity contribution in [3.63, 3.8) is 0 Å². The average molecular weight is 317 g/mol. The summed E-state index contributed by atoms with van der Waals surface area (Å²) in [7, 11) is 0. The van der Waals surface area contributed by atoms with Crippen LogP contribution in [-0.2, 0) is 0 Å². The largest absolute Gasteiger partial charge is 0.376 e. The van der Waals surface area contributed by atoms with E-state index < -0.39 is 4.92 Å². The van der Waals surface area contributed by atoms with Gasteiger partial charge in [0.25, 0.3) is 5.69 Å². The summed E-state index contributed by atoms with van der Waals surface area (Å²) in [6, 6.07) is 3.06. The summed E-state index contributed by atoms with van der Waals surface area (Å²) < 4.78 is 0. The summed E-state index contributed by atoms with van der Waals surface area (Å²) >= 11 is 11.8. The summed E-state index contributed by atoms with van der Waals surface area (Å²) in [5.41, 5.74) is 0.531. The molecule has 0 saturated heterocycles. The molecule has 1 fully saturated rings. The van der Waals surface area contributed by atoms with Crippen LogP contribution in [0, 0.1) is 15.5 Å². The van der Waals surface area contributed by atoms with Gasteiger partial charge in [-0.25, -0.2) is 0 Å². The van der Waals surface area contributed by atoms with E-state index in [0.29, 0.717) is 10.7 Å². The molecule has 1 N–H and O–H groups in total. The number of rotatable bonds is 3. The molecule has 0 spiro atoms. The molecule has 0 amide bonds. The zero-order chi connectivity index (χ0) is 14.9. The minimum absolute atomic E-state index is 0.0271. The second-order valence-electron chi connectivity index (χ2n) is 5.97. The van der Waals surface area contributed by atoms with Crippen molar-refractivity contribution in [2.24, 2.45) is 5.41 Å². The van der Waals surface area contributed by atoms with Gasteiger partial charge in [0.1, 0.15) is 5.69 Å². The lowest BCUT2D eigenvalue weighted by atomic mass is 9.73. The Morgan fingerprint density at radius 3 is 2.55 bits per heavy atom. The summed E-state index contributed by atoms with van der Waals surface area (Å²) in [5, 5.41) is 15.0. The number of nitro groups is 1. The highest BCUT2D eigenvalue weighted by Crippen LogP contribution is 2.40. The van der Waals surface area contributed by atoms with Crippen LogP contribution < -0.4 is 5.32 Å². The molecule has 1 aliphatic rings. The monoisotopic (exact) mass is 316 g/mol. The van der Waals surface area contributed by atoms with Gasteiger partial charge in [-0.3, -0.25) is 10.1 Å². The van der Waals surface area contributed by atoms with Crippen LogP contribution in [0.1, 0.15) is 39.5 Å². The van der Waals surface area contributed by atoms with E-state index in [1.54, 1.807) is 6.07 Å². The fourth-order valence-electron chi connectivity index (χ4n) is 2.75. The van der Waals surface area contributed by atoms with Gasteiger partial charge in [0.05, 0.1) is 15.0 Å². The predicted molar refractivity (Wildman–Crippen MR) is 82.8 cm³/mol. The average Bonchev–Trinajstić information content (AvgIpc) is 2.35. The Morgan fingerprint density at radius 1 is 1.30 bits per heavy atom. The standard InChI is InChI=1S/C14H18Cl2N2O2/c1-14(2)6-4-3-5-13(14)17-11-7-9(15)10(16)8-12(11)18(19)20/h7-8,13,17H,3-6H2,1-2H3. The van der Waals surface area contributed by atoms with Crippen molar-refractivity contribution in [3.05, 3.63) is 32.3 Å². The molecule has 1 aromatic rings. The third-order valence-electron chi connectivity index (χ3n) is 4.07. The topological polar surface area (TPSA) is 55.2 Å². The first-order chi connectivity index (χ1) is 9.31. The maximum absolute atomic E-state index is 11.2. The SMILES string of the molecule is CC1(C)CCCCC1Nc1cc(Cl)c(Cl)cc1[N+](=O)[O-]. The fraction of sp³-hybridized carbons (Fsp3) is 0.571. The number of nitrogens with one attached hydrogen (secondary N) is 1. The van der Waals surface area contributed by atoms with Crippen LogP contribution in [0.15, 0.2) is 12.1 Å². The summed E-state index contributed by atoms with van der Waals surface area (Å²) in [5.74, 6) is 0. The Labute approximate surface area is 128 Å². The van der Waals surface area contributed by atoms with Gasteiger partial charge >= 0.3 is 0 Å².